The molecule has 1 aromatic carbocycles. The summed E-state index contributed by atoms with van der Waals surface area (Å²) in [6, 6.07) is 6.67. The third-order valence-electron chi connectivity index (χ3n) is 2.16. The Morgan fingerprint density at radius 2 is 1.87 bits per heavy atom. The second-order valence-corrected chi connectivity index (χ2v) is 6.07. The number of halogens is 2. The molecule has 0 saturated heterocycles. The Kier molecular flexibility index (Phi) is 5.13. The van der Waals surface area contributed by atoms with E-state index in [1.807, 2.05) is 6.07 Å². The highest BCUT2D eigenvalue weighted by Gasteiger charge is 2.07. The van der Waals surface area contributed by atoms with Crippen LogP contribution in [0.25, 0.3) is 0 Å². The lowest BCUT2D eigenvalue weighted by Crippen LogP contribution is -2.17. The van der Waals surface area contributed by atoms with Crippen LogP contribution in [0.15, 0.2) is 27.1 Å². The molecule has 0 saturated carbocycles. The first-order chi connectivity index (χ1) is 6.99. The van der Waals surface area contributed by atoms with E-state index >= 15 is 0 Å². The van der Waals surface area contributed by atoms with Gasteiger partial charge in [-0.1, -0.05) is 29.8 Å². The topological polar surface area (TPSA) is 12.0 Å². The zero-order valence-electron chi connectivity index (χ0n) is 9.35. The van der Waals surface area contributed by atoms with Crippen LogP contribution < -0.4 is 5.32 Å². The summed E-state index contributed by atoms with van der Waals surface area (Å²) in [6.45, 7) is 6.70. The van der Waals surface area contributed by atoms with E-state index in [9.17, 15) is 0 Å². The maximum atomic E-state index is 3.54. The lowest BCUT2D eigenvalue weighted by atomic mass is 10.1. The maximum absolute atomic E-state index is 3.54. The average molecular weight is 335 g/mol. The second-order valence-electron chi connectivity index (χ2n) is 4.30. The van der Waals surface area contributed by atoms with Crippen LogP contribution in [0.5, 0.6) is 0 Å². The van der Waals surface area contributed by atoms with E-state index < -0.39 is 0 Å². The first-order valence-corrected chi connectivity index (χ1v) is 6.79. The van der Waals surface area contributed by atoms with E-state index in [1.54, 1.807) is 0 Å². The first kappa shape index (κ1) is 13.0. The van der Waals surface area contributed by atoms with Crippen molar-refractivity contribution >= 4 is 37.5 Å². The molecular formula is C12H17Br2N. The van der Waals surface area contributed by atoms with Gasteiger partial charge in [-0.3, -0.25) is 0 Å². The minimum atomic E-state index is 0.496. The highest BCUT2D eigenvalue weighted by atomic mass is 79.9. The van der Waals surface area contributed by atoms with E-state index in [0.29, 0.717) is 6.04 Å². The van der Waals surface area contributed by atoms with Crippen LogP contribution in [0.4, 0.5) is 5.69 Å². The van der Waals surface area contributed by atoms with Crippen LogP contribution in [0.2, 0.25) is 0 Å². The fourth-order valence-electron chi connectivity index (χ4n) is 1.64. The maximum Gasteiger partial charge on any atom is 0.0497 e. The molecule has 0 aliphatic rings. The third kappa shape index (κ3) is 4.56. The smallest absolute Gasteiger partial charge is 0.0497 e. The standard InChI is InChI=1S/C12H17Br2N/c1-8(2)6-9(3)15-12-7-10(13)4-5-11(12)14/h4-5,7-9,15H,6H2,1-3H3. The molecule has 0 aromatic heterocycles. The van der Waals surface area contributed by atoms with Crippen LogP contribution in [-0.4, -0.2) is 6.04 Å². The molecule has 0 aliphatic carbocycles. The summed E-state index contributed by atoms with van der Waals surface area (Å²) in [5.41, 5.74) is 1.15. The van der Waals surface area contributed by atoms with Crippen molar-refractivity contribution in [1.29, 1.82) is 0 Å². The largest absolute Gasteiger partial charge is 0.382 e. The Balaban J connectivity index is 2.67. The van der Waals surface area contributed by atoms with E-state index in [0.717, 1.165) is 20.6 Å². The average Bonchev–Trinajstić information content (AvgIpc) is 2.10. The molecular weight excluding hydrogens is 318 g/mol. The van der Waals surface area contributed by atoms with Crippen LogP contribution >= 0.6 is 31.9 Å². The van der Waals surface area contributed by atoms with Gasteiger partial charge >= 0.3 is 0 Å². The minimum absolute atomic E-state index is 0.496. The van der Waals surface area contributed by atoms with Gasteiger partial charge in [0.2, 0.25) is 0 Å². The number of rotatable bonds is 4. The molecule has 1 rings (SSSR count). The Morgan fingerprint density at radius 1 is 1.20 bits per heavy atom. The lowest BCUT2D eigenvalue weighted by Gasteiger charge is -2.18. The summed E-state index contributed by atoms with van der Waals surface area (Å²) < 4.78 is 2.21. The van der Waals surface area contributed by atoms with E-state index in [2.05, 4.69) is 70.1 Å². The third-order valence-corrected chi connectivity index (χ3v) is 3.34. The monoisotopic (exact) mass is 333 g/mol. The molecule has 15 heavy (non-hydrogen) atoms. The van der Waals surface area contributed by atoms with Gasteiger partial charge in [0.25, 0.3) is 0 Å². The molecule has 0 amide bonds. The number of anilines is 1. The summed E-state index contributed by atoms with van der Waals surface area (Å²) >= 11 is 7.02. The zero-order valence-corrected chi connectivity index (χ0v) is 12.5. The van der Waals surface area contributed by atoms with Crippen molar-refractivity contribution in [2.75, 3.05) is 5.32 Å². The zero-order chi connectivity index (χ0) is 11.4. The summed E-state index contributed by atoms with van der Waals surface area (Å²) in [7, 11) is 0. The summed E-state index contributed by atoms with van der Waals surface area (Å²) in [5.74, 6) is 0.721. The summed E-state index contributed by atoms with van der Waals surface area (Å²) in [5, 5.41) is 3.51. The molecule has 3 heteroatoms. The molecule has 0 aliphatic heterocycles. The number of hydrogen-bond acceptors (Lipinski definition) is 1. The molecule has 0 spiro atoms. The van der Waals surface area contributed by atoms with E-state index in [1.165, 1.54) is 6.42 Å². The molecule has 0 heterocycles. The Bertz CT molecular complexity index is 323. The summed E-state index contributed by atoms with van der Waals surface area (Å²) in [6.07, 6.45) is 1.18. The predicted octanol–water partition coefficient (Wildman–Crippen LogP) is 5.06. The second kappa shape index (κ2) is 5.90. The van der Waals surface area contributed by atoms with Gasteiger partial charge in [-0.2, -0.15) is 0 Å². The molecule has 1 N–H and O–H groups in total. The van der Waals surface area contributed by atoms with Crippen molar-refractivity contribution in [3.8, 4) is 0 Å². The molecule has 1 unspecified atom stereocenters. The van der Waals surface area contributed by atoms with Crippen LogP contribution in [0, 0.1) is 5.92 Å². The van der Waals surface area contributed by atoms with E-state index in [4.69, 9.17) is 0 Å². The normalized spacial score (nSPS) is 12.9. The van der Waals surface area contributed by atoms with Crippen molar-refractivity contribution in [1.82, 2.24) is 0 Å². The van der Waals surface area contributed by atoms with Crippen LogP contribution in [0.3, 0.4) is 0 Å². The predicted molar refractivity (Wildman–Crippen MR) is 74.4 cm³/mol. The molecule has 1 aromatic rings. The van der Waals surface area contributed by atoms with Gasteiger partial charge in [0.05, 0.1) is 0 Å². The number of benzene rings is 1. The minimum Gasteiger partial charge on any atom is -0.382 e. The quantitative estimate of drug-likeness (QED) is 0.811. The van der Waals surface area contributed by atoms with Crippen molar-refractivity contribution in [2.45, 2.75) is 33.2 Å². The van der Waals surface area contributed by atoms with Gasteiger partial charge < -0.3 is 5.32 Å². The number of nitrogens with one attached hydrogen (secondary N) is 1. The molecule has 0 fully saturated rings. The van der Waals surface area contributed by atoms with Crippen molar-refractivity contribution < 1.29 is 0 Å². The first-order valence-electron chi connectivity index (χ1n) is 5.20. The van der Waals surface area contributed by atoms with Gasteiger partial charge in [0.15, 0.2) is 0 Å². The fraction of sp³-hybridized carbons (Fsp3) is 0.500. The van der Waals surface area contributed by atoms with Gasteiger partial charge in [0.1, 0.15) is 0 Å². The Morgan fingerprint density at radius 3 is 2.47 bits per heavy atom. The van der Waals surface area contributed by atoms with Crippen molar-refractivity contribution in [3.05, 3.63) is 27.1 Å². The molecule has 0 bridgehead atoms. The lowest BCUT2D eigenvalue weighted by molar-refractivity contribution is 0.539. The van der Waals surface area contributed by atoms with Crippen LogP contribution in [0.1, 0.15) is 27.2 Å². The van der Waals surface area contributed by atoms with Crippen molar-refractivity contribution in [3.63, 3.8) is 0 Å². The SMILES string of the molecule is CC(C)CC(C)Nc1cc(Br)ccc1Br. The van der Waals surface area contributed by atoms with E-state index in [-0.39, 0.29) is 0 Å². The molecule has 0 radical (unpaired) electrons. The van der Waals surface area contributed by atoms with Crippen LogP contribution in [-0.2, 0) is 0 Å². The highest BCUT2D eigenvalue weighted by Crippen LogP contribution is 2.27. The Labute approximate surface area is 109 Å². The highest BCUT2D eigenvalue weighted by molar-refractivity contribution is 9.11. The van der Waals surface area contributed by atoms with Crippen molar-refractivity contribution in [2.24, 2.45) is 5.92 Å². The van der Waals surface area contributed by atoms with Gasteiger partial charge in [-0.15, -0.1) is 0 Å². The van der Waals surface area contributed by atoms with Gasteiger partial charge in [0, 0.05) is 20.7 Å². The summed E-state index contributed by atoms with van der Waals surface area (Å²) in [4.78, 5) is 0. The number of hydrogen-bond donors (Lipinski definition) is 1. The molecule has 1 nitrogen and oxygen atoms in total. The van der Waals surface area contributed by atoms with Gasteiger partial charge in [-0.05, 0) is 53.4 Å². The molecule has 84 valence electrons. The molecule has 1 atom stereocenters. The fourth-order valence-corrected chi connectivity index (χ4v) is 2.36. The Hall–Kier alpha value is -0.0200. The van der Waals surface area contributed by atoms with Gasteiger partial charge in [-0.25, -0.2) is 0 Å².